The van der Waals surface area contributed by atoms with Crippen molar-refractivity contribution >= 4 is 40.8 Å². The van der Waals surface area contributed by atoms with Gasteiger partial charge in [0, 0.05) is 43.1 Å². The lowest BCUT2D eigenvalue weighted by Crippen LogP contribution is -2.44. The van der Waals surface area contributed by atoms with Crippen LogP contribution in [-0.2, 0) is 4.74 Å². The average molecular weight is 501 g/mol. The number of nitrogens with one attached hydrogen (secondary N) is 2. The van der Waals surface area contributed by atoms with Crippen LogP contribution in [0.25, 0.3) is 0 Å². The third-order valence-corrected chi connectivity index (χ3v) is 5.37. The van der Waals surface area contributed by atoms with E-state index in [2.05, 4.69) is 15.6 Å². The first-order chi connectivity index (χ1) is 16.8. The van der Waals surface area contributed by atoms with Crippen molar-refractivity contribution in [2.75, 3.05) is 23.7 Å². The Morgan fingerprint density at radius 3 is 2.42 bits per heavy atom. The number of carboxylic acids is 1. The number of aromatic nitrogens is 1. The molecule has 0 spiro atoms. The number of ether oxygens (including phenoxy) is 1. The van der Waals surface area contributed by atoms with Gasteiger partial charge in [-0.1, -0.05) is 0 Å². The fraction of sp³-hybridized carbons (Fsp3) is 0.391. The van der Waals surface area contributed by atoms with Crippen molar-refractivity contribution in [1.82, 2.24) is 9.88 Å². The first kappa shape index (κ1) is 26.2. The number of carbonyl (C=O) groups excluding carboxylic acids is 2. The van der Waals surface area contributed by atoms with E-state index in [-0.39, 0.29) is 29.2 Å². The molecule has 0 radical (unpaired) electrons. The van der Waals surface area contributed by atoms with E-state index in [1.54, 1.807) is 25.7 Å². The van der Waals surface area contributed by atoms with Crippen molar-refractivity contribution in [2.45, 2.75) is 45.3 Å². The topological polar surface area (TPSA) is 190 Å². The summed E-state index contributed by atoms with van der Waals surface area (Å²) in [7, 11) is 0. The number of pyridine rings is 1. The average Bonchev–Trinajstić information content (AvgIpc) is 2.78. The molecule has 1 saturated heterocycles. The summed E-state index contributed by atoms with van der Waals surface area (Å²) in [4.78, 5) is 51.7. The summed E-state index contributed by atoms with van der Waals surface area (Å²) < 4.78 is 5.41. The number of likely N-dealkylation sites (tertiary alicyclic amines) is 1. The van der Waals surface area contributed by atoms with E-state index in [0.29, 0.717) is 31.6 Å². The van der Waals surface area contributed by atoms with Crippen LogP contribution >= 0.6 is 0 Å². The Balaban J connectivity index is 1.75. The number of hydrogen-bond donors (Lipinski definition) is 4. The van der Waals surface area contributed by atoms with Crippen molar-refractivity contribution in [2.24, 2.45) is 5.73 Å². The number of hydrogen-bond acceptors (Lipinski definition) is 9. The molecule has 192 valence electrons. The van der Waals surface area contributed by atoms with E-state index in [9.17, 15) is 24.5 Å². The van der Waals surface area contributed by atoms with Gasteiger partial charge in [0.2, 0.25) is 0 Å². The summed E-state index contributed by atoms with van der Waals surface area (Å²) in [6, 6.07) is 5.06. The van der Waals surface area contributed by atoms with Gasteiger partial charge in [-0.15, -0.1) is 0 Å². The Morgan fingerprint density at radius 1 is 1.19 bits per heavy atom. The first-order valence-electron chi connectivity index (χ1n) is 11.2. The molecule has 5 N–H and O–H groups in total. The van der Waals surface area contributed by atoms with E-state index >= 15 is 0 Å². The molecule has 13 nitrogen and oxygen atoms in total. The SMILES string of the molecule is CC(C)(C)OC(=O)N1CCC(Nc2cc(Nc3ccc(C(=O)O)c([N+](=O)[O-])c3)ncc2C(N)=O)CC1. The maximum absolute atomic E-state index is 12.3. The number of amides is 2. The highest BCUT2D eigenvalue weighted by Crippen LogP contribution is 2.28. The van der Waals surface area contributed by atoms with Gasteiger partial charge >= 0.3 is 12.1 Å². The molecule has 0 saturated carbocycles. The number of nitrogens with zero attached hydrogens (tertiary/aromatic N) is 3. The number of anilines is 3. The van der Waals surface area contributed by atoms with E-state index < -0.39 is 33.7 Å². The van der Waals surface area contributed by atoms with Crippen LogP contribution in [0, 0.1) is 10.1 Å². The lowest BCUT2D eigenvalue weighted by atomic mass is 10.0. The van der Waals surface area contributed by atoms with Crippen molar-refractivity contribution in [1.29, 1.82) is 0 Å². The second-order valence-corrected chi connectivity index (χ2v) is 9.28. The van der Waals surface area contributed by atoms with Gasteiger partial charge in [-0.2, -0.15) is 0 Å². The summed E-state index contributed by atoms with van der Waals surface area (Å²) in [5.74, 6) is -1.85. The first-order valence-corrected chi connectivity index (χ1v) is 11.2. The molecule has 3 rings (SSSR count). The molecule has 1 aromatic carbocycles. The number of primary amides is 1. The molecule has 1 fully saturated rings. The molecule has 2 aromatic rings. The van der Waals surface area contributed by atoms with Crippen LogP contribution in [0.3, 0.4) is 0 Å². The second-order valence-electron chi connectivity index (χ2n) is 9.28. The Labute approximate surface area is 206 Å². The van der Waals surface area contributed by atoms with Crippen molar-refractivity contribution in [3.63, 3.8) is 0 Å². The number of piperidine rings is 1. The molecular formula is C23H28N6O7. The lowest BCUT2D eigenvalue weighted by molar-refractivity contribution is -0.385. The van der Waals surface area contributed by atoms with Crippen LogP contribution in [0.4, 0.5) is 27.7 Å². The highest BCUT2D eigenvalue weighted by molar-refractivity contribution is 5.99. The van der Waals surface area contributed by atoms with Crippen LogP contribution in [-0.4, -0.2) is 62.6 Å². The van der Waals surface area contributed by atoms with Gasteiger partial charge in [0.05, 0.1) is 16.2 Å². The van der Waals surface area contributed by atoms with E-state index in [4.69, 9.17) is 15.6 Å². The maximum Gasteiger partial charge on any atom is 0.410 e. The Bertz CT molecular complexity index is 1190. The largest absolute Gasteiger partial charge is 0.477 e. The zero-order chi connectivity index (χ0) is 26.6. The van der Waals surface area contributed by atoms with Crippen LogP contribution in [0.1, 0.15) is 54.3 Å². The fourth-order valence-electron chi connectivity index (χ4n) is 3.68. The molecule has 2 amide bonds. The van der Waals surface area contributed by atoms with Crippen LogP contribution in [0.15, 0.2) is 30.5 Å². The summed E-state index contributed by atoms with van der Waals surface area (Å²) >= 11 is 0. The van der Waals surface area contributed by atoms with Gasteiger partial charge in [0.25, 0.3) is 11.6 Å². The predicted octanol–water partition coefficient (Wildman–Crippen LogP) is 3.34. The normalized spacial score (nSPS) is 14.1. The number of benzene rings is 1. The molecule has 36 heavy (non-hydrogen) atoms. The fourth-order valence-corrected chi connectivity index (χ4v) is 3.68. The summed E-state index contributed by atoms with van der Waals surface area (Å²) in [6.45, 7) is 6.34. The van der Waals surface area contributed by atoms with Gasteiger partial charge in [-0.25, -0.2) is 14.6 Å². The number of rotatable bonds is 7. The standard InChI is InChI=1S/C23H28N6O7/c1-23(2,3)36-22(33)28-8-6-13(7-9-28)26-17-11-19(25-12-16(17)20(24)30)27-14-4-5-15(21(31)32)18(10-14)29(34)35/h4-5,10-13H,6-9H2,1-3H3,(H2,24,30)(H,31,32)(H2,25,26,27). The van der Waals surface area contributed by atoms with Crippen LogP contribution in [0.5, 0.6) is 0 Å². The quantitative estimate of drug-likeness (QED) is 0.324. The molecular weight excluding hydrogens is 472 g/mol. The minimum absolute atomic E-state index is 0.0621. The molecule has 0 bridgehead atoms. The highest BCUT2D eigenvalue weighted by Gasteiger charge is 2.27. The monoisotopic (exact) mass is 500 g/mol. The Morgan fingerprint density at radius 2 is 1.86 bits per heavy atom. The summed E-state index contributed by atoms with van der Waals surface area (Å²) in [5, 5.41) is 26.6. The zero-order valence-corrected chi connectivity index (χ0v) is 20.1. The summed E-state index contributed by atoms with van der Waals surface area (Å²) in [6.07, 6.45) is 2.11. The summed E-state index contributed by atoms with van der Waals surface area (Å²) in [5.41, 5.74) is 4.70. The molecule has 1 aliphatic rings. The Hall–Kier alpha value is -4.42. The number of carboxylic acid groups (broad SMARTS) is 1. The smallest absolute Gasteiger partial charge is 0.410 e. The third-order valence-electron chi connectivity index (χ3n) is 5.37. The second kappa shape index (κ2) is 10.5. The van der Waals surface area contributed by atoms with Gasteiger partial charge in [-0.3, -0.25) is 14.9 Å². The molecule has 13 heteroatoms. The molecule has 0 atom stereocenters. The third kappa shape index (κ3) is 6.58. The van der Waals surface area contributed by atoms with E-state index in [0.717, 1.165) is 12.1 Å². The van der Waals surface area contributed by atoms with Gasteiger partial charge in [0.1, 0.15) is 17.0 Å². The number of nitrogens with two attached hydrogens (primary N) is 1. The van der Waals surface area contributed by atoms with Crippen LogP contribution in [0.2, 0.25) is 0 Å². The molecule has 1 aliphatic heterocycles. The predicted molar refractivity (Wildman–Crippen MR) is 131 cm³/mol. The molecule has 0 aliphatic carbocycles. The Kier molecular flexibility index (Phi) is 7.61. The molecule has 1 aromatic heterocycles. The van der Waals surface area contributed by atoms with Crippen molar-refractivity contribution in [3.05, 3.63) is 51.7 Å². The highest BCUT2D eigenvalue weighted by atomic mass is 16.6. The van der Waals surface area contributed by atoms with Crippen molar-refractivity contribution in [3.8, 4) is 0 Å². The number of aromatic carboxylic acids is 1. The lowest BCUT2D eigenvalue weighted by Gasteiger charge is -2.34. The van der Waals surface area contributed by atoms with Crippen LogP contribution < -0.4 is 16.4 Å². The molecule has 2 heterocycles. The number of carbonyl (C=O) groups is 3. The minimum Gasteiger partial charge on any atom is -0.477 e. The number of nitro benzene ring substituents is 1. The van der Waals surface area contributed by atoms with Gasteiger partial charge < -0.3 is 31.1 Å². The molecule has 0 unspecified atom stereocenters. The van der Waals surface area contributed by atoms with Gasteiger partial charge in [0.15, 0.2) is 0 Å². The van der Waals surface area contributed by atoms with E-state index in [1.165, 1.54) is 18.3 Å². The maximum atomic E-state index is 12.3. The van der Waals surface area contributed by atoms with Crippen molar-refractivity contribution < 1.29 is 29.2 Å². The minimum atomic E-state index is -1.42. The van der Waals surface area contributed by atoms with E-state index in [1.807, 2.05) is 0 Å². The number of nitro groups is 1. The van der Waals surface area contributed by atoms with Gasteiger partial charge in [-0.05, 0) is 45.7 Å². The zero-order valence-electron chi connectivity index (χ0n) is 20.1.